The van der Waals surface area contributed by atoms with Gasteiger partial charge < -0.3 is 15.0 Å². The van der Waals surface area contributed by atoms with Crippen LogP contribution in [0.4, 0.5) is 11.5 Å². The lowest BCUT2D eigenvalue weighted by Gasteiger charge is -2.12. The number of ether oxygens (including phenoxy) is 1. The maximum atomic E-state index is 12.6. The molecule has 0 fully saturated rings. The van der Waals surface area contributed by atoms with Crippen LogP contribution in [0.3, 0.4) is 0 Å². The molecule has 2 aromatic heterocycles. The summed E-state index contributed by atoms with van der Waals surface area (Å²) in [6.07, 6.45) is 0.891. The van der Waals surface area contributed by atoms with Crippen molar-refractivity contribution in [3.63, 3.8) is 0 Å². The van der Waals surface area contributed by atoms with Gasteiger partial charge in [-0.05, 0) is 0 Å². The Morgan fingerprint density at radius 2 is 1.79 bits per heavy atom. The Morgan fingerprint density at radius 1 is 1.18 bits per heavy atom. The summed E-state index contributed by atoms with van der Waals surface area (Å²) < 4.78 is 6.58. The third kappa shape index (κ3) is 3.32. The van der Waals surface area contributed by atoms with Gasteiger partial charge in [0, 0.05) is 26.4 Å². The minimum absolute atomic E-state index is 0.345. The van der Waals surface area contributed by atoms with Crippen LogP contribution in [0, 0.1) is 10.1 Å². The van der Waals surface area contributed by atoms with Gasteiger partial charge in [-0.2, -0.15) is 0 Å². The second-order valence-electron chi connectivity index (χ2n) is 5.68. The summed E-state index contributed by atoms with van der Waals surface area (Å²) in [5.41, 5.74) is 0.882. The zero-order chi connectivity index (χ0) is 21.3. The molecule has 13 heteroatoms. The number of hydrogen-bond acceptors (Lipinski definition) is 9. The van der Waals surface area contributed by atoms with Crippen LogP contribution in [-0.2, 0) is 25.4 Å². The Morgan fingerprint density at radius 3 is 2.32 bits per heavy atom. The topological polar surface area (TPSA) is 179 Å². The average Bonchev–Trinajstić information content (AvgIpc) is 2.65. The lowest BCUT2D eigenvalue weighted by molar-refractivity contribution is -0.386. The van der Waals surface area contributed by atoms with Gasteiger partial charge >= 0.3 is 22.9 Å². The summed E-state index contributed by atoms with van der Waals surface area (Å²) in [5.74, 6) is -2.38. The molecule has 0 bridgehead atoms. The number of Topliss-reactive ketones (excluding diaryl/α,β-unsaturated/α-hetero) is 1. The SMILES string of the molecule is COC(=O)c1cc([N+](=O)[O-])c(=O)n(CC(=O)c2c(N)n(C)c(=O)n(C)c2=O)c1. The first kappa shape index (κ1) is 20.3. The van der Waals surface area contributed by atoms with E-state index in [9.17, 15) is 34.1 Å². The number of aromatic nitrogens is 3. The van der Waals surface area contributed by atoms with Gasteiger partial charge in [0.1, 0.15) is 11.4 Å². The molecule has 13 nitrogen and oxygen atoms in total. The normalized spacial score (nSPS) is 10.5. The highest BCUT2D eigenvalue weighted by Gasteiger charge is 2.24. The predicted octanol–water partition coefficient (Wildman–Crippen LogP) is -1.59. The standard InChI is InChI=1S/C15H15N5O8/c1-17-11(16)10(13(23)18(2)15(17)25)9(21)6-19-5-7(14(24)28-3)4-8(12(19)22)20(26)27/h4-5H,6,16H2,1-3H3. The van der Waals surface area contributed by atoms with Crippen molar-refractivity contribution in [1.82, 2.24) is 13.7 Å². The first-order valence-corrected chi connectivity index (χ1v) is 7.57. The van der Waals surface area contributed by atoms with Crippen LogP contribution in [0.1, 0.15) is 20.7 Å². The van der Waals surface area contributed by atoms with Gasteiger partial charge in [0.05, 0.1) is 24.1 Å². The van der Waals surface area contributed by atoms with E-state index in [2.05, 4.69) is 4.74 Å². The van der Waals surface area contributed by atoms with Crippen molar-refractivity contribution in [2.75, 3.05) is 12.8 Å². The minimum atomic E-state index is -1.17. The minimum Gasteiger partial charge on any atom is -0.465 e. The molecule has 0 radical (unpaired) electrons. The van der Waals surface area contributed by atoms with Gasteiger partial charge in [-0.1, -0.05) is 0 Å². The first-order valence-electron chi connectivity index (χ1n) is 7.57. The van der Waals surface area contributed by atoms with Crippen molar-refractivity contribution in [3.8, 4) is 0 Å². The molecule has 2 aromatic rings. The Kier molecular flexibility index (Phi) is 5.29. The summed E-state index contributed by atoms with van der Waals surface area (Å²) in [4.78, 5) is 70.7. The van der Waals surface area contributed by atoms with E-state index in [-0.39, 0.29) is 5.56 Å². The fourth-order valence-electron chi connectivity index (χ4n) is 2.45. The number of nitrogens with two attached hydrogens (primary N) is 1. The molecule has 0 saturated carbocycles. The molecule has 0 atom stereocenters. The Bertz CT molecular complexity index is 1190. The van der Waals surface area contributed by atoms with Crippen molar-refractivity contribution in [3.05, 3.63) is 64.7 Å². The van der Waals surface area contributed by atoms with Gasteiger partial charge in [0.15, 0.2) is 5.78 Å². The lowest BCUT2D eigenvalue weighted by atomic mass is 10.1. The first-order chi connectivity index (χ1) is 13.0. The van der Waals surface area contributed by atoms with E-state index >= 15 is 0 Å². The number of ketones is 1. The number of hydrogen-bond donors (Lipinski definition) is 1. The molecule has 0 aliphatic rings. The van der Waals surface area contributed by atoms with E-state index in [4.69, 9.17) is 5.73 Å². The maximum absolute atomic E-state index is 12.6. The van der Waals surface area contributed by atoms with Crippen molar-refractivity contribution < 1.29 is 19.2 Å². The average molecular weight is 393 g/mol. The number of esters is 1. The number of nitro groups is 1. The van der Waals surface area contributed by atoms with Gasteiger partial charge in [-0.15, -0.1) is 0 Å². The number of anilines is 1. The molecule has 28 heavy (non-hydrogen) atoms. The molecule has 0 saturated heterocycles. The smallest absolute Gasteiger partial charge is 0.339 e. The highest BCUT2D eigenvalue weighted by Crippen LogP contribution is 2.11. The number of carbonyl (C=O) groups is 2. The molecular formula is C15H15N5O8. The zero-order valence-corrected chi connectivity index (χ0v) is 15.0. The van der Waals surface area contributed by atoms with E-state index in [1.165, 1.54) is 7.05 Å². The molecule has 148 valence electrons. The van der Waals surface area contributed by atoms with Crippen LogP contribution in [0.25, 0.3) is 0 Å². The molecule has 2 rings (SSSR count). The number of carbonyl (C=O) groups excluding carboxylic acids is 2. The monoisotopic (exact) mass is 393 g/mol. The number of methoxy groups -OCH3 is 1. The fraction of sp³-hybridized carbons (Fsp3) is 0.267. The largest absolute Gasteiger partial charge is 0.465 e. The number of nitrogens with zero attached hydrogens (tertiary/aromatic N) is 4. The third-order valence-corrected chi connectivity index (χ3v) is 3.99. The van der Waals surface area contributed by atoms with Crippen molar-refractivity contribution in [1.29, 1.82) is 0 Å². The number of pyridine rings is 1. The fourth-order valence-corrected chi connectivity index (χ4v) is 2.45. The Labute approximate surface area is 155 Å². The van der Waals surface area contributed by atoms with E-state index in [0.29, 0.717) is 9.13 Å². The van der Waals surface area contributed by atoms with Crippen LogP contribution < -0.4 is 22.5 Å². The molecule has 0 spiro atoms. The summed E-state index contributed by atoms with van der Waals surface area (Å²) in [6, 6.07) is 0.717. The van der Waals surface area contributed by atoms with Gasteiger partial charge in [0.25, 0.3) is 5.56 Å². The van der Waals surface area contributed by atoms with Crippen molar-refractivity contribution in [2.45, 2.75) is 6.54 Å². The van der Waals surface area contributed by atoms with E-state index in [0.717, 1.165) is 31.0 Å². The highest BCUT2D eigenvalue weighted by molar-refractivity contribution is 5.99. The van der Waals surface area contributed by atoms with Gasteiger partial charge in [0.2, 0.25) is 0 Å². The van der Waals surface area contributed by atoms with Crippen LogP contribution in [0.5, 0.6) is 0 Å². The third-order valence-electron chi connectivity index (χ3n) is 3.99. The predicted molar refractivity (Wildman–Crippen MR) is 94.4 cm³/mol. The second-order valence-corrected chi connectivity index (χ2v) is 5.68. The summed E-state index contributed by atoms with van der Waals surface area (Å²) in [6.45, 7) is -0.831. The molecule has 2 N–H and O–H groups in total. The van der Waals surface area contributed by atoms with E-state index in [1.54, 1.807) is 0 Å². The van der Waals surface area contributed by atoms with Crippen LogP contribution in [0.15, 0.2) is 26.6 Å². The van der Waals surface area contributed by atoms with Crippen LogP contribution >= 0.6 is 0 Å². The molecule has 0 unspecified atom stereocenters. The highest BCUT2D eigenvalue weighted by atomic mass is 16.6. The summed E-state index contributed by atoms with van der Waals surface area (Å²) in [5, 5.41) is 11.1. The van der Waals surface area contributed by atoms with Crippen molar-refractivity contribution >= 4 is 23.3 Å². The molecule has 0 aromatic carbocycles. The number of rotatable bonds is 5. The zero-order valence-electron chi connectivity index (χ0n) is 15.0. The van der Waals surface area contributed by atoms with E-state index in [1.807, 2.05) is 0 Å². The molecule has 0 aliphatic carbocycles. The van der Waals surface area contributed by atoms with Crippen molar-refractivity contribution in [2.24, 2.45) is 14.1 Å². The summed E-state index contributed by atoms with van der Waals surface area (Å²) in [7, 11) is 3.40. The Hall–Kier alpha value is -4.03. The molecule has 0 amide bonds. The summed E-state index contributed by atoms with van der Waals surface area (Å²) >= 11 is 0. The maximum Gasteiger partial charge on any atom is 0.339 e. The van der Waals surface area contributed by atoms with E-state index < -0.39 is 57.1 Å². The Balaban J connectivity index is 2.65. The van der Waals surface area contributed by atoms with Crippen LogP contribution in [-0.4, -0.2) is 37.5 Å². The quantitative estimate of drug-likeness (QED) is 0.271. The van der Waals surface area contributed by atoms with Crippen LogP contribution in [0.2, 0.25) is 0 Å². The molecule has 2 heterocycles. The lowest BCUT2D eigenvalue weighted by Crippen LogP contribution is -2.42. The second kappa shape index (κ2) is 7.30. The molecular weight excluding hydrogens is 378 g/mol. The van der Waals surface area contributed by atoms with Gasteiger partial charge in [-0.25, -0.2) is 9.59 Å². The van der Waals surface area contributed by atoms with Gasteiger partial charge in [-0.3, -0.25) is 33.6 Å². The molecule has 0 aliphatic heterocycles. The number of nitrogen functional groups attached to an aromatic ring is 1.